The molecule has 1 unspecified atom stereocenters. The van der Waals surface area contributed by atoms with Crippen LogP contribution in [0.15, 0.2) is 0 Å². The van der Waals surface area contributed by atoms with Crippen molar-refractivity contribution >= 4 is 0 Å². The van der Waals surface area contributed by atoms with Crippen LogP contribution in [0.5, 0.6) is 0 Å². The monoisotopic (exact) mass is 202 g/mol. The molecule has 0 aromatic rings. The van der Waals surface area contributed by atoms with Crippen molar-refractivity contribution in [1.29, 1.82) is 0 Å². The average Bonchev–Trinajstić information content (AvgIpc) is 2.12. The van der Waals surface area contributed by atoms with Crippen molar-refractivity contribution in [3.8, 4) is 0 Å². The first-order chi connectivity index (χ1) is 6.48. The van der Waals surface area contributed by atoms with E-state index >= 15 is 0 Å². The van der Waals surface area contributed by atoms with E-state index in [-0.39, 0.29) is 6.10 Å². The SMILES string of the molecule is CC[N+](CC)(CCCC(C)O)C(C)C. The Hall–Kier alpha value is -0.0800. The Morgan fingerprint density at radius 2 is 1.57 bits per heavy atom. The van der Waals surface area contributed by atoms with Crippen molar-refractivity contribution in [2.45, 2.75) is 59.6 Å². The molecule has 0 radical (unpaired) electrons. The fourth-order valence-electron chi connectivity index (χ4n) is 2.23. The Morgan fingerprint density at radius 3 is 1.86 bits per heavy atom. The Labute approximate surface area is 89.5 Å². The molecule has 0 fully saturated rings. The minimum Gasteiger partial charge on any atom is -0.393 e. The van der Waals surface area contributed by atoms with E-state index in [2.05, 4.69) is 27.7 Å². The normalized spacial score (nSPS) is 14.8. The summed E-state index contributed by atoms with van der Waals surface area (Å²) in [6.07, 6.45) is 1.93. The summed E-state index contributed by atoms with van der Waals surface area (Å²) < 4.78 is 1.19. The molecule has 0 aliphatic carbocycles. The minimum atomic E-state index is -0.141. The van der Waals surface area contributed by atoms with Gasteiger partial charge in [-0.05, 0) is 47.5 Å². The largest absolute Gasteiger partial charge is 0.393 e. The number of rotatable bonds is 7. The lowest BCUT2D eigenvalue weighted by Crippen LogP contribution is -2.53. The Kier molecular flexibility index (Phi) is 6.38. The van der Waals surface area contributed by atoms with Crippen LogP contribution in [0.3, 0.4) is 0 Å². The number of nitrogens with zero attached hydrogens (tertiary/aromatic N) is 1. The van der Waals surface area contributed by atoms with Crippen LogP contribution in [0.2, 0.25) is 0 Å². The molecule has 14 heavy (non-hydrogen) atoms. The maximum atomic E-state index is 9.23. The summed E-state index contributed by atoms with van der Waals surface area (Å²) in [5, 5.41) is 9.23. The van der Waals surface area contributed by atoms with E-state index in [9.17, 15) is 5.11 Å². The van der Waals surface area contributed by atoms with E-state index in [0.717, 1.165) is 12.8 Å². The summed E-state index contributed by atoms with van der Waals surface area (Å²) in [7, 11) is 0. The number of hydrogen-bond donors (Lipinski definition) is 1. The van der Waals surface area contributed by atoms with Crippen LogP contribution in [0, 0.1) is 0 Å². The van der Waals surface area contributed by atoms with Gasteiger partial charge in [0.25, 0.3) is 0 Å². The first-order valence-corrected chi connectivity index (χ1v) is 6.02. The van der Waals surface area contributed by atoms with Crippen molar-refractivity contribution in [1.82, 2.24) is 0 Å². The van der Waals surface area contributed by atoms with Gasteiger partial charge in [-0.2, -0.15) is 0 Å². The molecule has 0 rings (SSSR count). The predicted octanol–water partition coefficient (Wildman–Crippen LogP) is 2.41. The van der Waals surface area contributed by atoms with Gasteiger partial charge in [-0.1, -0.05) is 0 Å². The number of quaternary nitrogens is 1. The van der Waals surface area contributed by atoms with E-state index in [1.54, 1.807) is 0 Å². The predicted molar refractivity (Wildman–Crippen MR) is 62.3 cm³/mol. The standard InChI is InChI=1S/C12H28NO/c1-6-13(7-2,11(3)4)10-8-9-12(5)14/h11-12,14H,6-10H2,1-5H3/q+1. The van der Waals surface area contributed by atoms with E-state index in [1.165, 1.54) is 24.1 Å². The first-order valence-electron chi connectivity index (χ1n) is 6.02. The van der Waals surface area contributed by atoms with Crippen molar-refractivity contribution in [2.75, 3.05) is 19.6 Å². The minimum absolute atomic E-state index is 0.141. The highest BCUT2D eigenvalue weighted by Gasteiger charge is 2.26. The van der Waals surface area contributed by atoms with Gasteiger partial charge >= 0.3 is 0 Å². The fraction of sp³-hybridized carbons (Fsp3) is 1.00. The Balaban J connectivity index is 4.08. The lowest BCUT2D eigenvalue weighted by molar-refractivity contribution is -0.944. The van der Waals surface area contributed by atoms with Crippen molar-refractivity contribution in [3.05, 3.63) is 0 Å². The second-order valence-electron chi connectivity index (χ2n) is 4.66. The fourth-order valence-corrected chi connectivity index (χ4v) is 2.23. The lowest BCUT2D eigenvalue weighted by atomic mass is 10.1. The van der Waals surface area contributed by atoms with E-state index in [4.69, 9.17) is 0 Å². The molecule has 2 nitrogen and oxygen atoms in total. The summed E-state index contributed by atoms with van der Waals surface area (Å²) in [6.45, 7) is 14.6. The number of aliphatic hydroxyl groups excluding tert-OH is 1. The average molecular weight is 202 g/mol. The molecule has 1 atom stereocenters. The van der Waals surface area contributed by atoms with Crippen LogP contribution in [0.25, 0.3) is 0 Å². The summed E-state index contributed by atoms with van der Waals surface area (Å²) >= 11 is 0. The maximum absolute atomic E-state index is 9.23. The Bertz CT molecular complexity index is 139. The molecule has 0 aliphatic rings. The molecule has 0 saturated heterocycles. The third-order valence-electron chi connectivity index (χ3n) is 3.58. The number of aliphatic hydroxyl groups is 1. The van der Waals surface area contributed by atoms with Crippen LogP contribution in [-0.2, 0) is 0 Å². The third kappa shape index (κ3) is 3.97. The van der Waals surface area contributed by atoms with Crippen molar-refractivity contribution in [3.63, 3.8) is 0 Å². The van der Waals surface area contributed by atoms with Gasteiger partial charge in [-0.25, -0.2) is 0 Å². The highest BCUT2D eigenvalue weighted by Crippen LogP contribution is 2.15. The summed E-state index contributed by atoms with van der Waals surface area (Å²) in [4.78, 5) is 0. The van der Waals surface area contributed by atoms with Gasteiger partial charge in [0, 0.05) is 0 Å². The molecule has 86 valence electrons. The first kappa shape index (κ1) is 13.9. The molecular formula is C12H28NO+. The summed E-state index contributed by atoms with van der Waals surface area (Å²) in [5.74, 6) is 0. The highest BCUT2D eigenvalue weighted by molar-refractivity contribution is 4.51. The third-order valence-corrected chi connectivity index (χ3v) is 3.58. The van der Waals surface area contributed by atoms with E-state index in [1.807, 2.05) is 6.92 Å². The van der Waals surface area contributed by atoms with Crippen molar-refractivity contribution in [2.24, 2.45) is 0 Å². The van der Waals surface area contributed by atoms with Gasteiger partial charge in [-0.3, -0.25) is 0 Å². The van der Waals surface area contributed by atoms with Crippen LogP contribution in [0.1, 0.15) is 47.5 Å². The van der Waals surface area contributed by atoms with E-state index in [0.29, 0.717) is 6.04 Å². The smallest absolute Gasteiger partial charge is 0.0833 e. The van der Waals surface area contributed by atoms with Gasteiger partial charge in [0.2, 0.25) is 0 Å². The molecular weight excluding hydrogens is 174 g/mol. The quantitative estimate of drug-likeness (QED) is 0.629. The second-order valence-corrected chi connectivity index (χ2v) is 4.66. The second kappa shape index (κ2) is 6.41. The maximum Gasteiger partial charge on any atom is 0.0833 e. The zero-order valence-electron chi connectivity index (χ0n) is 10.6. The molecule has 1 N–H and O–H groups in total. The van der Waals surface area contributed by atoms with Gasteiger partial charge in [0.1, 0.15) is 0 Å². The van der Waals surface area contributed by atoms with Gasteiger partial charge in [0.05, 0.1) is 31.8 Å². The molecule has 2 heteroatoms. The van der Waals surface area contributed by atoms with Crippen molar-refractivity contribution < 1.29 is 9.59 Å². The van der Waals surface area contributed by atoms with Crippen LogP contribution in [-0.4, -0.2) is 41.4 Å². The zero-order valence-corrected chi connectivity index (χ0v) is 10.6. The van der Waals surface area contributed by atoms with Crippen LogP contribution < -0.4 is 0 Å². The zero-order chi connectivity index (χ0) is 11.2. The molecule has 0 saturated carbocycles. The molecule has 0 heterocycles. The summed E-state index contributed by atoms with van der Waals surface area (Å²) in [5.41, 5.74) is 0. The van der Waals surface area contributed by atoms with Gasteiger partial charge in [0.15, 0.2) is 0 Å². The van der Waals surface area contributed by atoms with Gasteiger partial charge < -0.3 is 9.59 Å². The topological polar surface area (TPSA) is 20.2 Å². The molecule has 0 aliphatic heterocycles. The highest BCUT2D eigenvalue weighted by atomic mass is 16.3. The van der Waals surface area contributed by atoms with Gasteiger partial charge in [-0.15, -0.1) is 0 Å². The molecule has 0 aromatic heterocycles. The van der Waals surface area contributed by atoms with Crippen LogP contribution in [0.4, 0.5) is 0 Å². The Morgan fingerprint density at radius 1 is 1.07 bits per heavy atom. The molecule has 0 amide bonds. The molecule has 0 aromatic carbocycles. The lowest BCUT2D eigenvalue weighted by Gasteiger charge is -2.41. The molecule has 0 bridgehead atoms. The van der Waals surface area contributed by atoms with Crippen LogP contribution >= 0.6 is 0 Å². The summed E-state index contributed by atoms with van der Waals surface area (Å²) in [6, 6.07) is 0.694. The number of hydrogen-bond acceptors (Lipinski definition) is 1. The molecule has 0 spiro atoms. The van der Waals surface area contributed by atoms with E-state index < -0.39 is 0 Å².